The maximum Gasteiger partial charge on any atom is 0.174 e. The van der Waals surface area contributed by atoms with Crippen molar-refractivity contribution in [2.24, 2.45) is 0 Å². The average Bonchev–Trinajstić information content (AvgIpc) is 2.96. The fraction of sp³-hybridized carbons (Fsp3) is 0.400. The van der Waals surface area contributed by atoms with Gasteiger partial charge in [-0.1, -0.05) is 22.9 Å². The number of aryl methyl sites for hydroxylation is 1. The van der Waals surface area contributed by atoms with Gasteiger partial charge in [-0.2, -0.15) is 0 Å². The van der Waals surface area contributed by atoms with E-state index >= 15 is 0 Å². The molecule has 1 heterocycles. The lowest BCUT2D eigenvalue weighted by Crippen LogP contribution is -2.19. The number of ether oxygens (including phenoxy) is 2. The molecule has 1 aromatic heterocycles. The van der Waals surface area contributed by atoms with Crippen LogP contribution in [-0.2, 0) is 17.9 Å². The molecule has 0 atom stereocenters. The Bertz CT molecular complexity index is 512. The van der Waals surface area contributed by atoms with Gasteiger partial charge in [0.15, 0.2) is 5.76 Å². The number of methoxy groups -OCH3 is 1. The SMILES string of the molecule is COCCNCc1cc(C)ccc1OCc1ccno1. The van der Waals surface area contributed by atoms with Crippen LogP contribution in [0.5, 0.6) is 5.75 Å². The summed E-state index contributed by atoms with van der Waals surface area (Å²) >= 11 is 0. The van der Waals surface area contributed by atoms with Crippen molar-refractivity contribution < 1.29 is 14.0 Å². The molecular weight excluding hydrogens is 256 g/mol. The van der Waals surface area contributed by atoms with E-state index in [1.165, 1.54) is 5.56 Å². The maximum atomic E-state index is 5.79. The van der Waals surface area contributed by atoms with Gasteiger partial charge in [0, 0.05) is 31.8 Å². The van der Waals surface area contributed by atoms with Crippen LogP contribution in [0.4, 0.5) is 0 Å². The van der Waals surface area contributed by atoms with Crippen molar-refractivity contribution in [1.82, 2.24) is 10.5 Å². The van der Waals surface area contributed by atoms with Crippen LogP contribution in [0.3, 0.4) is 0 Å². The molecule has 0 fully saturated rings. The normalized spacial score (nSPS) is 10.7. The Balaban J connectivity index is 1.95. The van der Waals surface area contributed by atoms with Gasteiger partial charge in [-0.15, -0.1) is 0 Å². The van der Waals surface area contributed by atoms with Crippen LogP contribution >= 0.6 is 0 Å². The first kappa shape index (κ1) is 14.6. The summed E-state index contributed by atoms with van der Waals surface area (Å²) in [6.07, 6.45) is 1.61. The molecule has 108 valence electrons. The molecule has 20 heavy (non-hydrogen) atoms. The average molecular weight is 276 g/mol. The third-order valence-corrected chi connectivity index (χ3v) is 2.88. The second-order valence-corrected chi connectivity index (χ2v) is 4.55. The van der Waals surface area contributed by atoms with E-state index in [0.717, 1.165) is 24.4 Å². The minimum atomic E-state index is 0.383. The highest BCUT2D eigenvalue weighted by Crippen LogP contribution is 2.21. The summed E-state index contributed by atoms with van der Waals surface area (Å²) in [5.41, 5.74) is 2.33. The molecule has 0 aliphatic heterocycles. The molecule has 0 unspecified atom stereocenters. The van der Waals surface area contributed by atoms with Gasteiger partial charge in [-0.05, 0) is 13.0 Å². The van der Waals surface area contributed by atoms with E-state index in [1.54, 1.807) is 19.4 Å². The quantitative estimate of drug-likeness (QED) is 0.750. The summed E-state index contributed by atoms with van der Waals surface area (Å²) in [4.78, 5) is 0. The van der Waals surface area contributed by atoms with Crippen LogP contribution in [-0.4, -0.2) is 25.4 Å². The molecule has 0 saturated heterocycles. The van der Waals surface area contributed by atoms with Crippen molar-refractivity contribution in [1.29, 1.82) is 0 Å². The molecule has 0 aliphatic rings. The molecule has 0 amide bonds. The fourth-order valence-corrected chi connectivity index (χ4v) is 1.85. The monoisotopic (exact) mass is 276 g/mol. The van der Waals surface area contributed by atoms with Crippen molar-refractivity contribution >= 4 is 0 Å². The number of hydrogen-bond acceptors (Lipinski definition) is 5. The molecule has 2 aromatic rings. The Morgan fingerprint density at radius 1 is 1.30 bits per heavy atom. The molecule has 0 aliphatic carbocycles. The molecule has 0 spiro atoms. The molecule has 0 bridgehead atoms. The molecule has 0 saturated carbocycles. The number of aromatic nitrogens is 1. The minimum Gasteiger partial charge on any atom is -0.485 e. The molecule has 2 rings (SSSR count). The van der Waals surface area contributed by atoms with Gasteiger partial charge in [-0.25, -0.2) is 0 Å². The highest BCUT2D eigenvalue weighted by molar-refractivity contribution is 5.36. The summed E-state index contributed by atoms with van der Waals surface area (Å²) < 4.78 is 15.8. The van der Waals surface area contributed by atoms with Crippen molar-refractivity contribution in [3.05, 3.63) is 47.3 Å². The first-order valence-corrected chi connectivity index (χ1v) is 6.61. The maximum absolute atomic E-state index is 5.79. The summed E-state index contributed by atoms with van der Waals surface area (Å²) in [7, 11) is 1.69. The third kappa shape index (κ3) is 4.36. The summed E-state index contributed by atoms with van der Waals surface area (Å²) in [5, 5.41) is 6.98. The lowest BCUT2D eigenvalue weighted by atomic mass is 10.1. The Morgan fingerprint density at radius 3 is 2.95 bits per heavy atom. The number of benzene rings is 1. The second-order valence-electron chi connectivity index (χ2n) is 4.55. The fourth-order valence-electron chi connectivity index (χ4n) is 1.85. The zero-order chi connectivity index (χ0) is 14.2. The largest absolute Gasteiger partial charge is 0.485 e. The number of nitrogens with zero attached hydrogens (tertiary/aromatic N) is 1. The number of rotatable bonds is 8. The summed E-state index contributed by atoms with van der Waals surface area (Å²) in [6.45, 7) is 4.70. The highest BCUT2D eigenvalue weighted by atomic mass is 16.5. The first-order valence-electron chi connectivity index (χ1n) is 6.61. The molecule has 1 N–H and O–H groups in total. The van der Waals surface area contributed by atoms with Gasteiger partial charge in [0.25, 0.3) is 0 Å². The molecule has 0 radical (unpaired) electrons. The molecule has 5 heteroatoms. The van der Waals surface area contributed by atoms with Crippen molar-refractivity contribution in [3.8, 4) is 5.75 Å². The van der Waals surface area contributed by atoms with Crippen LogP contribution < -0.4 is 10.1 Å². The van der Waals surface area contributed by atoms with Gasteiger partial charge >= 0.3 is 0 Å². The summed E-state index contributed by atoms with van der Waals surface area (Å²) in [6, 6.07) is 7.94. The zero-order valence-corrected chi connectivity index (χ0v) is 11.9. The topological polar surface area (TPSA) is 56.5 Å². The standard InChI is InChI=1S/C15H20N2O3/c1-12-3-4-15(19-11-14-5-6-17-20-14)13(9-12)10-16-7-8-18-2/h3-6,9,16H,7-8,10-11H2,1-2H3. The Morgan fingerprint density at radius 2 is 2.20 bits per heavy atom. The smallest absolute Gasteiger partial charge is 0.174 e. The van der Waals surface area contributed by atoms with Gasteiger partial charge in [0.05, 0.1) is 12.8 Å². The predicted molar refractivity (Wildman–Crippen MR) is 75.6 cm³/mol. The molecule has 5 nitrogen and oxygen atoms in total. The van der Waals surface area contributed by atoms with Crippen molar-refractivity contribution in [2.45, 2.75) is 20.1 Å². The van der Waals surface area contributed by atoms with Crippen molar-refractivity contribution in [3.63, 3.8) is 0 Å². The van der Waals surface area contributed by atoms with E-state index in [-0.39, 0.29) is 0 Å². The van der Waals surface area contributed by atoms with Gasteiger partial charge in [0.1, 0.15) is 12.4 Å². The van der Waals surface area contributed by atoms with E-state index in [0.29, 0.717) is 19.0 Å². The van der Waals surface area contributed by atoms with E-state index in [4.69, 9.17) is 14.0 Å². The summed E-state index contributed by atoms with van der Waals surface area (Å²) in [5.74, 6) is 1.57. The van der Waals surface area contributed by atoms with Gasteiger partial charge in [-0.3, -0.25) is 0 Å². The van der Waals surface area contributed by atoms with Gasteiger partial charge in [0.2, 0.25) is 0 Å². The first-order chi connectivity index (χ1) is 9.79. The minimum absolute atomic E-state index is 0.383. The lowest BCUT2D eigenvalue weighted by Gasteiger charge is -2.12. The van der Waals surface area contributed by atoms with E-state index < -0.39 is 0 Å². The van der Waals surface area contributed by atoms with Crippen molar-refractivity contribution in [2.75, 3.05) is 20.3 Å². The molecular formula is C15H20N2O3. The third-order valence-electron chi connectivity index (χ3n) is 2.88. The predicted octanol–water partition coefficient (Wildman–Crippen LogP) is 2.30. The van der Waals surface area contributed by atoms with Crippen LogP contribution in [0.1, 0.15) is 16.9 Å². The van der Waals surface area contributed by atoms with Crippen LogP contribution in [0, 0.1) is 6.92 Å². The number of hydrogen-bond donors (Lipinski definition) is 1. The van der Waals surface area contributed by atoms with Gasteiger partial charge < -0.3 is 19.3 Å². The Kier molecular flexibility index (Phi) is 5.58. The number of nitrogens with one attached hydrogen (secondary N) is 1. The lowest BCUT2D eigenvalue weighted by molar-refractivity contribution is 0.198. The second kappa shape index (κ2) is 7.67. The van der Waals surface area contributed by atoms with Crippen LogP contribution in [0.15, 0.2) is 35.0 Å². The molecule has 1 aromatic carbocycles. The van der Waals surface area contributed by atoms with Crippen LogP contribution in [0.25, 0.3) is 0 Å². The Labute approximate surface area is 118 Å². The Hall–Kier alpha value is -1.85. The van der Waals surface area contributed by atoms with E-state index in [9.17, 15) is 0 Å². The van der Waals surface area contributed by atoms with Crippen LogP contribution in [0.2, 0.25) is 0 Å². The zero-order valence-electron chi connectivity index (χ0n) is 11.9. The van der Waals surface area contributed by atoms with E-state index in [2.05, 4.69) is 23.5 Å². The van der Waals surface area contributed by atoms with E-state index in [1.807, 2.05) is 12.1 Å². The highest BCUT2D eigenvalue weighted by Gasteiger charge is 2.06.